The number of nitrogens with one attached hydrogen (secondary N) is 2. The molecule has 5 nitrogen and oxygen atoms in total. The van der Waals surface area contributed by atoms with E-state index in [0.29, 0.717) is 17.2 Å². The van der Waals surface area contributed by atoms with Crippen molar-refractivity contribution in [2.24, 2.45) is 5.84 Å². The Labute approximate surface area is 112 Å². The van der Waals surface area contributed by atoms with E-state index in [4.69, 9.17) is 5.84 Å². The van der Waals surface area contributed by atoms with Gasteiger partial charge in [-0.1, -0.05) is 0 Å². The van der Waals surface area contributed by atoms with Crippen molar-refractivity contribution >= 4 is 17.2 Å². The van der Waals surface area contributed by atoms with Crippen molar-refractivity contribution in [1.29, 1.82) is 0 Å². The first-order valence-electron chi connectivity index (χ1n) is 5.52. The van der Waals surface area contributed by atoms with Gasteiger partial charge in [0.15, 0.2) is 0 Å². The van der Waals surface area contributed by atoms with Gasteiger partial charge in [-0.2, -0.15) is 0 Å². The third-order valence-electron chi connectivity index (χ3n) is 2.28. The predicted octanol–water partition coefficient (Wildman–Crippen LogP) is 3.01. The van der Waals surface area contributed by atoms with E-state index in [1.165, 1.54) is 24.3 Å². The summed E-state index contributed by atoms with van der Waals surface area (Å²) in [5.74, 6) is 5.42. The van der Waals surface area contributed by atoms with Gasteiger partial charge in [0.2, 0.25) is 0 Å². The SMILES string of the molecule is NNc1cc(Nc2ccc(OC(F)(F)F)cc2)ccn1. The third-order valence-corrected chi connectivity index (χ3v) is 2.28. The number of pyridine rings is 1. The van der Waals surface area contributed by atoms with Crippen LogP contribution < -0.4 is 21.3 Å². The molecule has 2 rings (SSSR count). The summed E-state index contributed by atoms with van der Waals surface area (Å²) < 4.78 is 39.8. The van der Waals surface area contributed by atoms with E-state index in [-0.39, 0.29) is 5.75 Å². The Bertz CT molecular complexity index is 572. The number of anilines is 3. The second kappa shape index (κ2) is 5.66. The first-order chi connectivity index (χ1) is 9.46. The molecule has 2 aromatic rings. The summed E-state index contributed by atoms with van der Waals surface area (Å²) in [6.45, 7) is 0. The predicted molar refractivity (Wildman–Crippen MR) is 68.5 cm³/mol. The molecule has 0 fully saturated rings. The summed E-state index contributed by atoms with van der Waals surface area (Å²) in [6, 6.07) is 8.73. The lowest BCUT2D eigenvalue weighted by Gasteiger charge is -2.10. The summed E-state index contributed by atoms with van der Waals surface area (Å²) in [4.78, 5) is 3.93. The first kappa shape index (κ1) is 13.9. The molecule has 0 spiro atoms. The first-order valence-corrected chi connectivity index (χ1v) is 5.52. The molecule has 0 aliphatic carbocycles. The minimum Gasteiger partial charge on any atom is -0.406 e. The van der Waals surface area contributed by atoms with Gasteiger partial charge in [0, 0.05) is 23.6 Å². The smallest absolute Gasteiger partial charge is 0.406 e. The Morgan fingerprint density at radius 2 is 1.75 bits per heavy atom. The lowest BCUT2D eigenvalue weighted by molar-refractivity contribution is -0.274. The van der Waals surface area contributed by atoms with Crippen LogP contribution >= 0.6 is 0 Å². The number of nitrogen functional groups attached to an aromatic ring is 1. The number of rotatable bonds is 4. The van der Waals surface area contributed by atoms with Crippen LogP contribution in [0.2, 0.25) is 0 Å². The molecule has 0 atom stereocenters. The van der Waals surface area contributed by atoms with Gasteiger partial charge in [-0.05, 0) is 30.3 Å². The van der Waals surface area contributed by atoms with E-state index < -0.39 is 6.36 Å². The standard InChI is InChI=1S/C12H11F3N4O/c13-12(14,15)20-10-3-1-8(2-4-10)18-9-5-6-17-11(7-9)19-16/h1-7H,16H2,(H2,17,18,19). The molecular formula is C12H11F3N4O. The molecule has 0 saturated carbocycles. The summed E-state index contributed by atoms with van der Waals surface area (Å²) in [5.41, 5.74) is 3.69. The van der Waals surface area contributed by atoms with E-state index >= 15 is 0 Å². The van der Waals surface area contributed by atoms with Crippen molar-refractivity contribution in [2.45, 2.75) is 6.36 Å². The van der Waals surface area contributed by atoms with Crippen LogP contribution in [0.3, 0.4) is 0 Å². The van der Waals surface area contributed by atoms with E-state index in [0.717, 1.165) is 0 Å². The molecule has 1 aromatic carbocycles. The molecule has 4 N–H and O–H groups in total. The molecule has 20 heavy (non-hydrogen) atoms. The van der Waals surface area contributed by atoms with Crippen LogP contribution in [0.5, 0.6) is 5.75 Å². The largest absolute Gasteiger partial charge is 0.573 e. The van der Waals surface area contributed by atoms with Crippen LogP contribution in [0.25, 0.3) is 0 Å². The highest BCUT2D eigenvalue weighted by Gasteiger charge is 2.30. The highest BCUT2D eigenvalue weighted by molar-refractivity contribution is 5.62. The van der Waals surface area contributed by atoms with Gasteiger partial charge in [-0.25, -0.2) is 10.8 Å². The Balaban J connectivity index is 2.06. The van der Waals surface area contributed by atoms with E-state index in [1.807, 2.05) is 0 Å². The van der Waals surface area contributed by atoms with E-state index in [9.17, 15) is 13.2 Å². The summed E-state index contributed by atoms with van der Waals surface area (Å²) >= 11 is 0. The maximum Gasteiger partial charge on any atom is 0.573 e. The monoisotopic (exact) mass is 284 g/mol. The third kappa shape index (κ3) is 4.02. The Morgan fingerprint density at radius 1 is 1.05 bits per heavy atom. The van der Waals surface area contributed by atoms with Crippen LogP contribution in [0.4, 0.5) is 30.4 Å². The molecule has 0 aliphatic heterocycles. The van der Waals surface area contributed by atoms with Gasteiger partial charge in [0.25, 0.3) is 0 Å². The molecule has 0 aliphatic rings. The lowest BCUT2D eigenvalue weighted by Crippen LogP contribution is -2.16. The van der Waals surface area contributed by atoms with Gasteiger partial charge in [-0.15, -0.1) is 13.2 Å². The van der Waals surface area contributed by atoms with Gasteiger partial charge >= 0.3 is 6.36 Å². The topological polar surface area (TPSA) is 72.2 Å². The van der Waals surface area contributed by atoms with Crippen molar-refractivity contribution in [1.82, 2.24) is 4.98 Å². The second-order valence-electron chi connectivity index (χ2n) is 3.77. The Hall–Kier alpha value is -2.48. The van der Waals surface area contributed by atoms with Crippen molar-refractivity contribution in [3.05, 3.63) is 42.6 Å². The van der Waals surface area contributed by atoms with Crippen LogP contribution in [0, 0.1) is 0 Å². The van der Waals surface area contributed by atoms with Crippen molar-refractivity contribution < 1.29 is 17.9 Å². The van der Waals surface area contributed by atoms with Crippen LogP contribution in [0.15, 0.2) is 42.6 Å². The van der Waals surface area contributed by atoms with Crippen molar-refractivity contribution in [3.8, 4) is 5.75 Å². The molecule has 106 valence electrons. The van der Waals surface area contributed by atoms with Crippen LogP contribution in [-0.4, -0.2) is 11.3 Å². The Kier molecular flexibility index (Phi) is 3.94. The minimum atomic E-state index is -4.69. The number of benzene rings is 1. The summed E-state index contributed by atoms with van der Waals surface area (Å²) in [5, 5.41) is 3.00. The molecule has 0 saturated heterocycles. The lowest BCUT2D eigenvalue weighted by atomic mass is 10.3. The van der Waals surface area contributed by atoms with Crippen molar-refractivity contribution in [2.75, 3.05) is 10.7 Å². The van der Waals surface area contributed by atoms with Gasteiger partial charge in [0.1, 0.15) is 11.6 Å². The molecule has 1 aromatic heterocycles. The second-order valence-corrected chi connectivity index (χ2v) is 3.77. The van der Waals surface area contributed by atoms with Crippen molar-refractivity contribution in [3.63, 3.8) is 0 Å². The molecule has 0 unspecified atom stereocenters. The zero-order chi connectivity index (χ0) is 14.6. The van der Waals surface area contributed by atoms with E-state index in [2.05, 4.69) is 20.5 Å². The number of aromatic nitrogens is 1. The highest BCUT2D eigenvalue weighted by atomic mass is 19.4. The van der Waals surface area contributed by atoms with Gasteiger partial charge < -0.3 is 15.5 Å². The van der Waals surface area contributed by atoms with E-state index in [1.54, 1.807) is 18.3 Å². The summed E-state index contributed by atoms with van der Waals surface area (Å²) in [7, 11) is 0. The van der Waals surface area contributed by atoms with Crippen LogP contribution in [-0.2, 0) is 0 Å². The fourth-order valence-electron chi connectivity index (χ4n) is 1.49. The maximum atomic E-state index is 12.0. The number of nitrogens with zero attached hydrogens (tertiary/aromatic N) is 1. The molecule has 0 bridgehead atoms. The summed E-state index contributed by atoms with van der Waals surface area (Å²) in [6.07, 6.45) is -3.15. The number of nitrogens with two attached hydrogens (primary N) is 1. The molecule has 8 heteroatoms. The number of halogens is 3. The number of hydrogen-bond acceptors (Lipinski definition) is 5. The minimum absolute atomic E-state index is 0.276. The normalized spacial score (nSPS) is 11.0. The average Bonchev–Trinajstić information content (AvgIpc) is 2.40. The fourth-order valence-corrected chi connectivity index (χ4v) is 1.49. The molecule has 0 radical (unpaired) electrons. The quantitative estimate of drug-likeness (QED) is 0.594. The Morgan fingerprint density at radius 3 is 2.35 bits per heavy atom. The zero-order valence-corrected chi connectivity index (χ0v) is 10.1. The zero-order valence-electron chi connectivity index (χ0n) is 10.1. The van der Waals surface area contributed by atoms with Gasteiger partial charge in [-0.3, -0.25) is 0 Å². The molecule has 0 amide bonds. The fraction of sp³-hybridized carbons (Fsp3) is 0.0833. The molecule has 1 heterocycles. The van der Waals surface area contributed by atoms with Gasteiger partial charge in [0.05, 0.1) is 0 Å². The van der Waals surface area contributed by atoms with Crippen LogP contribution in [0.1, 0.15) is 0 Å². The maximum absolute atomic E-state index is 12.0. The number of alkyl halides is 3. The molecular weight excluding hydrogens is 273 g/mol. The number of ether oxygens (including phenoxy) is 1. The number of hydrogen-bond donors (Lipinski definition) is 3. The number of hydrazine groups is 1. The average molecular weight is 284 g/mol. The highest BCUT2D eigenvalue weighted by Crippen LogP contribution is 2.25.